The zero-order valence-corrected chi connectivity index (χ0v) is 22.3. The van der Waals surface area contributed by atoms with Gasteiger partial charge in [0.05, 0.1) is 23.6 Å². The molecule has 0 saturated carbocycles. The van der Waals surface area contributed by atoms with Crippen LogP contribution < -0.4 is 5.56 Å². The number of nitrogens with one attached hydrogen (secondary N) is 1. The van der Waals surface area contributed by atoms with E-state index in [4.69, 9.17) is 23.2 Å². The summed E-state index contributed by atoms with van der Waals surface area (Å²) in [6.45, 7) is 0. The SMILES string of the molecule is O=c1cc(-c2cc(Cl)ccc2-n2cnnn2)ccn1C(Cc1ccc(F)cc1)c1ncc(-c2ccc(Cl)cc2)[nH]1. The number of halogens is 3. The lowest BCUT2D eigenvalue weighted by molar-refractivity contribution is 0.536. The Morgan fingerprint density at radius 1 is 0.900 bits per heavy atom. The van der Waals surface area contributed by atoms with Gasteiger partial charge in [-0.15, -0.1) is 5.10 Å². The molecule has 6 aromatic rings. The molecular formula is C29H20Cl2FN7O. The van der Waals surface area contributed by atoms with Crippen molar-refractivity contribution in [3.63, 3.8) is 0 Å². The first kappa shape index (κ1) is 25.7. The van der Waals surface area contributed by atoms with Crippen LogP contribution in [0.2, 0.25) is 10.0 Å². The van der Waals surface area contributed by atoms with Crippen LogP contribution in [0.15, 0.2) is 102 Å². The van der Waals surface area contributed by atoms with Gasteiger partial charge in [0.15, 0.2) is 0 Å². The lowest BCUT2D eigenvalue weighted by Crippen LogP contribution is -2.27. The first-order valence-corrected chi connectivity index (χ1v) is 13.0. The molecule has 1 unspecified atom stereocenters. The minimum absolute atomic E-state index is 0.253. The molecule has 0 amide bonds. The van der Waals surface area contributed by atoms with Gasteiger partial charge in [0, 0.05) is 34.3 Å². The number of benzene rings is 3. The maximum Gasteiger partial charge on any atom is 0.251 e. The molecule has 8 nitrogen and oxygen atoms in total. The maximum atomic E-state index is 13.6. The number of aromatic amines is 1. The lowest BCUT2D eigenvalue weighted by Gasteiger charge is -2.19. The summed E-state index contributed by atoms with van der Waals surface area (Å²) >= 11 is 12.4. The third-order valence-electron chi connectivity index (χ3n) is 6.56. The molecule has 0 spiro atoms. The second-order valence-corrected chi connectivity index (χ2v) is 9.99. The van der Waals surface area contributed by atoms with Gasteiger partial charge in [-0.1, -0.05) is 47.5 Å². The topological polar surface area (TPSA) is 94.3 Å². The molecule has 0 radical (unpaired) electrons. The molecular weight excluding hydrogens is 552 g/mol. The van der Waals surface area contributed by atoms with Crippen molar-refractivity contribution < 1.29 is 4.39 Å². The van der Waals surface area contributed by atoms with Crippen molar-refractivity contribution in [2.45, 2.75) is 12.5 Å². The highest BCUT2D eigenvalue weighted by atomic mass is 35.5. The molecule has 0 saturated heterocycles. The van der Waals surface area contributed by atoms with Crippen molar-refractivity contribution >= 4 is 23.2 Å². The average Bonchev–Trinajstić information content (AvgIpc) is 3.67. The molecule has 3 aromatic heterocycles. The van der Waals surface area contributed by atoms with Gasteiger partial charge in [-0.3, -0.25) is 4.79 Å². The summed E-state index contributed by atoms with van der Waals surface area (Å²) < 4.78 is 16.7. The highest BCUT2D eigenvalue weighted by Crippen LogP contribution is 2.30. The van der Waals surface area contributed by atoms with Gasteiger partial charge in [-0.25, -0.2) is 9.37 Å². The Morgan fingerprint density at radius 3 is 2.40 bits per heavy atom. The standard InChI is InChI=1S/C29H20Cl2FN7O/c30-21-5-3-19(4-6-21)25-16-33-29(35-25)27(13-18-1-8-23(32)9-2-18)38-12-11-20(14-28(38)40)24-15-22(31)7-10-26(24)39-17-34-36-37-39/h1-12,14-17,27H,13H2,(H,33,35). The predicted molar refractivity (Wildman–Crippen MR) is 151 cm³/mol. The maximum absolute atomic E-state index is 13.6. The highest BCUT2D eigenvalue weighted by Gasteiger charge is 2.21. The van der Waals surface area contributed by atoms with E-state index in [0.29, 0.717) is 39.1 Å². The number of tetrazole rings is 1. The molecule has 11 heteroatoms. The Bertz CT molecular complexity index is 1830. The van der Waals surface area contributed by atoms with E-state index in [2.05, 4.69) is 25.5 Å². The minimum Gasteiger partial charge on any atom is -0.340 e. The van der Waals surface area contributed by atoms with Crippen LogP contribution in [0.25, 0.3) is 28.1 Å². The zero-order chi connectivity index (χ0) is 27.6. The number of aromatic nitrogens is 7. The molecule has 1 atom stereocenters. The number of imidazole rings is 1. The zero-order valence-electron chi connectivity index (χ0n) is 20.7. The molecule has 1 N–H and O–H groups in total. The molecule has 3 heterocycles. The Morgan fingerprint density at radius 2 is 1.68 bits per heavy atom. The van der Waals surface area contributed by atoms with Gasteiger partial charge < -0.3 is 9.55 Å². The molecule has 0 aliphatic rings. The third-order valence-corrected chi connectivity index (χ3v) is 7.05. The molecule has 0 bridgehead atoms. The largest absolute Gasteiger partial charge is 0.340 e. The van der Waals surface area contributed by atoms with Crippen LogP contribution in [-0.2, 0) is 6.42 Å². The first-order chi connectivity index (χ1) is 19.4. The molecule has 0 aliphatic heterocycles. The fourth-order valence-corrected chi connectivity index (χ4v) is 4.88. The van der Waals surface area contributed by atoms with Crippen molar-refractivity contribution in [3.05, 3.63) is 135 Å². The number of H-pyrrole nitrogens is 1. The number of rotatable bonds is 7. The smallest absolute Gasteiger partial charge is 0.251 e. The van der Waals surface area contributed by atoms with E-state index >= 15 is 0 Å². The molecule has 198 valence electrons. The fraction of sp³-hybridized carbons (Fsp3) is 0.0690. The second-order valence-electron chi connectivity index (χ2n) is 9.11. The van der Waals surface area contributed by atoms with Gasteiger partial charge in [0.25, 0.3) is 5.56 Å². The van der Waals surface area contributed by atoms with Crippen LogP contribution in [0.5, 0.6) is 0 Å². The van der Waals surface area contributed by atoms with Crippen molar-refractivity contribution in [1.82, 2.24) is 34.7 Å². The van der Waals surface area contributed by atoms with E-state index in [0.717, 1.165) is 16.8 Å². The van der Waals surface area contributed by atoms with Crippen molar-refractivity contribution in [1.29, 1.82) is 0 Å². The number of hydrogen-bond acceptors (Lipinski definition) is 5. The first-order valence-electron chi connectivity index (χ1n) is 12.3. The molecule has 3 aromatic carbocycles. The highest BCUT2D eigenvalue weighted by molar-refractivity contribution is 6.31. The quantitative estimate of drug-likeness (QED) is 0.247. The van der Waals surface area contributed by atoms with Crippen molar-refractivity contribution in [3.8, 4) is 28.1 Å². The average molecular weight is 572 g/mol. The monoisotopic (exact) mass is 571 g/mol. The second kappa shape index (κ2) is 10.9. The Hall–Kier alpha value is -4.60. The van der Waals surface area contributed by atoms with Crippen LogP contribution in [0.3, 0.4) is 0 Å². The summed E-state index contributed by atoms with van der Waals surface area (Å²) in [7, 11) is 0. The van der Waals surface area contributed by atoms with Gasteiger partial charge >= 0.3 is 0 Å². The summed E-state index contributed by atoms with van der Waals surface area (Å²) in [6, 6.07) is 21.8. The van der Waals surface area contributed by atoms with E-state index in [9.17, 15) is 9.18 Å². The van der Waals surface area contributed by atoms with E-state index in [-0.39, 0.29) is 11.4 Å². The summed E-state index contributed by atoms with van der Waals surface area (Å²) in [6.07, 6.45) is 5.32. The molecule has 0 fully saturated rings. The van der Waals surface area contributed by atoms with Gasteiger partial charge in [-0.05, 0) is 75.6 Å². The molecule has 0 aliphatic carbocycles. The molecule has 40 heavy (non-hydrogen) atoms. The summed E-state index contributed by atoms with van der Waals surface area (Å²) in [5.74, 6) is 0.256. The predicted octanol–water partition coefficient (Wildman–Crippen LogP) is 6.16. The van der Waals surface area contributed by atoms with Crippen LogP contribution in [-0.4, -0.2) is 34.7 Å². The van der Waals surface area contributed by atoms with Crippen molar-refractivity contribution in [2.75, 3.05) is 0 Å². The molecule has 6 rings (SSSR count). The number of pyridine rings is 1. The van der Waals surface area contributed by atoms with E-state index in [1.54, 1.807) is 65.5 Å². The minimum atomic E-state index is -0.494. The Kier molecular flexibility index (Phi) is 6.98. The Labute approximate surface area is 237 Å². The van der Waals surface area contributed by atoms with Gasteiger partial charge in [0.2, 0.25) is 0 Å². The van der Waals surface area contributed by atoms with E-state index in [1.165, 1.54) is 23.1 Å². The number of nitrogens with zero attached hydrogens (tertiary/aromatic N) is 6. The number of hydrogen-bond donors (Lipinski definition) is 1. The normalized spacial score (nSPS) is 12.0. The summed E-state index contributed by atoms with van der Waals surface area (Å²) in [4.78, 5) is 21.6. The van der Waals surface area contributed by atoms with Crippen LogP contribution >= 0.6 is 23.2 Å². The fourth-order valence-electron chi connectivity index (χ4n) is 4.58. The van der Waals surface area contributed by atoms with E-state index in [1.807, 2.05) is 18.2 Å². The summed E-state index contributed by atoms with van der Waals surface area (Å²) in [5, 5.41) is 12.5. The Balaban J connectivity index is 1.41. The van der Waals surface area contributed by atoms with Crippen LogP contribution in [0.1, 0.15) is 17.4 Å². The third kappa shape index (κ3) is 5.29. The van der Waals surface area contributed by atoms with Gasteiger partial charge in [0.1, 0.15) is 18.0 Å². The lowest BCUT2D eigenvalue weighted by atomic mass is 10.0. The van der Waals surface area contributed by atoms with Crippen LogP contribution in [0, 0.1) is 5.82 Å². The van der Waals surface area contributed by atoms with Crippen molar-refractivity contribution in [2.24, 2.45) is 0 Å². The van der Waals surface area contributed by atoms with Gasteiger partial charge in [-0.2, -0.15) is 4.68 Å². The summed E-state index contributed by atoms with van der Waals surface area (Å²) in [5.41, 5.74) is 4.30. The van der Waals surface area contributed by atoms with E-state index < -0.39 is 6.04 Å². The van der Waals surface area contributed by atoms with Crippen LogP contribution in [0.4, 0.5) is 4.39 Å².